The summed E-state index contributed by atoms with van der Waals surface area (Å²) in [6, 6.07) is 3.80. The number of aromatic nitrogens is 3. The molecule has 1 fully saturated rings. The second kappa shape index (κ2) is 10.1. The van der Waals surface area contributed by atoms with E-state index in [0.717, 1.165) is 16.1 Å². The van der Waals surface area contributed by atoms with Crippen LogP contribution in [0.2, 0.25) is 0 Å². The Labute approximate surface area is 206 Å². The third kappa shape index (κ3) is 5.20. The number of hydrogen-bond donors (Lipinski definition) is 3. The Bertz CT molecular complexity index is 1250. The molecule has 3 aromatic heterocycles. The Morgan fingerprint density at radius 3 is 2.63 bits per heavy atom. The fourth-order valence-electron chi connectivity index (χ4n) is 4.43. The average Bonchev–Trinajstić information content (AvgIpc) is 3.53. The largest absolute Gasteiger partial charge is 0.391 e. The van der Waals surface area contributed by atoms with E-state index in [1.807, 2.05) is 39.8 Å². The van der Waals surface area contributed by atoms with Gasteiger partial charge < -0.3 is 19.8 Å². The minimum Gasteiger partial charge on any atom is -0.391 e. The van der Waals surface area contributed by atoms with Crippen molar-refractivity contribution in [2.45, 2.75) is 58.2 Å². The Kier molecular flexibility index (Phi) is 7.18. The lowest BCUT2D eigenvalue weighted by atomic mass is 9.91. The molecule has 2 amide bonds. The van der Waals surface area contributed by atoms with Crippen molar-refractivity contribution in [2.75, 3.05) is 6.54 Å². The molecule has 186 valence electrons. The number of hydrogen-bond acceptors (Lipinski definition) is 8. The van der Waals surface area contributed by atoms with Crippen LogP contribution in [-0.4, -0.2) is 55.6 Å². The summed E-state index contributed by atoms with van der Waals surface area (Å²) in [4.78, 5) is 49.4. The number of aryl methyl sites for hydroxylation is 1. The van der Waals surface area contributed by atoms with Crippen molar-refractivity contribution in [3.8, 4) is 10.4 Å². The average molecular weight is 500 g/mol. The molecule has 0 spiro atoms. The van der Waals surface area contributed by atoms with Gasteiger partial charge in [-0.05, 0) is 25.8 Å². The highest BCUT2D eigenvalue weighted by Gasteiger charge is 2.43. The number of aliphatic hydroxyl groups is 1. The van der Waals surface area contributed by atoms with Crippen molar-refractivity contribution < 1.29 is 19.2 Å². The van der Waals surface area contributed by atoms with E-state index in [1.54, 1.807) is 23.0 Å². The van der Waals surface area contributed by atoms with Gasteiger partial charge in [0.15, 0.2) is 5.76 Å². The first-order valence-corrected chi connectivity index (χ1v) is 12.4. The van der Waals surface area contributed by atoms with Gasteiger partial charge in [-0.3, -0.25) is 19.4 Å². The fraction of sp³-hybridized carbons (Fsp3) is 0.458. The maximum atomic E-state index is 13.4. The molecule has 4 heterocycles. The predicted molar refractivity (Wildman–Crippen MR) is 130 cm³/mol. The maximum Gasteiger partial charge on any atom is 0.280 e. The van der Waals surface area contributed by atoms with Crippen LogP contribution in [-0.2, 0) is 9.59 Å². The number of carbonyl (C=O) groups is 2. The lowest BCUT2D eigenvalue weighted by Crippen LogP contribution is -2.48. The zero-order valence-corrected chi connectivity index (χ0v) is 20.8. The molecule has 1 aliphatic heterocycles. The molecule has 0 radical (unpaired) electrons. The molecule has 11 heteroatoms. The van der Waals surface area contributed by atoms with Crippen LogP contribution in [0.5, 0.6) is 0 Å². The van der Waals surface area contributed by atoms with Gasteiger partial charge >= 0.3 is 0 Å². The highest BCUT2D eigenvalue weighted by atomic mass is 32.1. The quantitative estimate of drug-likeness (QED) is 0.453. The number of aromatic amines is 1. The molecule has 4 unspecified atom stereocenters. The van der Waals surface area contributed by atoms with E-state index < -0.39 is 29.7 Å². The number of thiazole rings is 1. The Balaban J connectivity index is 1.48. The van der Waals surface area contributed by atoms with Crippen LogP contribution in [0.3, 0.4) is 0 Å². The molecule has 1 saturated heterocycles. The number of H-pyrrole nitrogens is 1. The van der Waals surface area contributed by atoms with Crippen molar-refractivity contribution in [1.82, 2.24) is 25.3 Å². The number of rotatable bonds is 7. The lowest BCUT2D eigenvalue weighted by Gasteiger charge is -2.29. The first-order valence-electron chi connectivity index (χ1n) is 11.5. The molecule has 0 aromatic carbocycles. The summed E-state index contributed by atoms with van der Waals surface area (Å²) in [5.41, 5.74) is 3.92. The number of likely N-dealkylation sites (tertiary alicyclic amines) is 1. The van der Waals surface area contributed by atoms with Crippen LogP contribution in [0.15, 0.2) is 39.2 Å². The van der Waals surface area contributed by atoms with E-state index >= 15 is 0 Å². The van der Waals surface area contributed by atoms with E-state index in [-0.39, 0.29) is 36.5 Å². The van der Waals surface area contributed by atoms with Crippen LogP contribution in [0, 0.1) is 12.8 Å². The number of nitrogens with one attached hydrogen (secondary N) is 2. The van der Waals surface area contributed by atoms with Crippen molar-refractivity contribution >= 4 is 23.2 Å². The Morgan fingerprint density at radius 1 is 1.29 bits per heavy atom. The van der Waals surface area contributed by atoms with E-state index in [4.69, 9.17) is 4.52 Å². The molecule has 0 bridgehead atoms. The fourth-order valence-corrected chi connectivity index (χ4v) is 5.23. The summed E-state index contributed by atoms with van der Waals surface area (Å²) in [6.07, 6.45) is 1.06. The number of aliphatic hydroxyl groups excluding tert-OH is 1. The first-order chi connectivity index (χ1) is 16.7. The van der Waals surface area contributed by atoms with Crippen LogP contribution in [0.1, 0.15) is 56.3 Å². The maximum absolute atomic E-state index is 13.4. The monoisotopic (exact) mass is 499 g/mol. The molecule has 1 aliphatic rings. The SMILES string of the molecule is Cc1ncsc1-c1ccc(C(C)NC(=O)C2CC(O)CN2C(=O)C(c2cc(=O)[nH]o2)C(C)C)nc1. The smallest absolute Gasteiger partial charge is 0.280 e. The van der Waals surface area contributed by atoms with Gasteiger partial charge in [0.2, 0.25) is 11.8 Å². The summed E-state index contributed by atoms with van der Waals surface area (Å²) in [7, 11) is 0. The van der Waals surface area contributed by atoms with Crippen molar-refractivity contribution in [3.05, 3.63) is 57.4 Å². The molecule has 3 N–H and O–H groups in total. The second-order valence-corrected chi connectivity index (χ2v) is 10.1. The predicted octanol–water partition coefficient (Wildman–Crippen LogP) is 2.37. The normalized spacial score (nSPS) is 19.7. The van der Waals surface area contributed by atoms with Crippen LogP contribution in [0.4, 0.5) is 0 Å². The Morgan fingerprint density at radius 2 is 2.06 bits per heavy atom. The van der Waals surface area contributed by atoms with E-state index in [2.05, 4.69) is 20.4 Å². The summed E-state index contributed by atoms with van der Waals surface area (Å²) < 4.78 is 5.20. The first kappa shape index (κ1) is 24.8. The molecule has 0 saturated carbocycles. The topological polar surface area (TPSA) is 141 Å². The van der Waals surface area contributed by atoms with Crippen LogP contribution in [0.25, 0.3) is 10.4 Å². The summed E-state index contributed by atoms with van der Waals surface area (Å²) in [5.74, 6) is -1.47. The molecule has 3 aromatic rings. The third-order valence-electron chi connectivity index (χ3n) is 6.24. The van der Waals surface area contributed by atoms with Gasteiger partial charge in [0.25, 0.3) is 5.56 Å². The molecule has 35 heavy (non-hydrogen) atoms. The van der Waals surface area contributed by atoms with Gasteiger partial charge in [0.05, 0.1) is 33.9 Å². The number of nitrogens with zero attached hydrogens (tertiary/aromatic N) is 3. The molecular weight excluding hydrogens is 470 g/mol. The second-order valence-electron chi connectivity index (χ2n) is 9.20. The molecule has 4 atom stereocenters. The van der Waals surface area contributed by atoms with Crippen molar-refractivity contribution in [2.24, 2.45) is 5.92 Å². The van der Waals surface area contributed by atoms with Crippen LogP contribution >= 0.6 is 11.3 Å². The van der Waals surface area contributed by atoms with Crippen molar-refractivity contribution in [1.29, 1.82) is 0 Å². The van der Waals surface area contributed by atoms with Gasteiger partial charge in [-0.25, -0.2) is 4.98 Å². The molecule has 0 aliphatic carbocycles. The summed E-state index contributed by atoms with van der Waals surface area (Å²) in [5, 5.41) is 15.4. The van der Waals surface area contributed by atoms with E-state index in [1.165, 1.54) is 11.0 Å². The number of β-amino-alcohol motifs (C(OH)–C–C–N with tert-alkyl or cyclic N) is 1. The highest BCUT2D eigenvalue weighted by molar-refractivity contribution is 7.13. The summed E-state index contributed by atoms with van der Waals surface area (Å²) in [6.45, 7) is 7.47. The lowest BCUT2D eigenvalue weighted by molar-refractivity contribution is -0.141. The van der Waals surface area contributed by atoms with Crippen molar-refractivity contribution in [3.63, 3.8) is 0 Å². The van der Waals surface area contributed by atoms with Gasteiger partial charge in [0.1, 0.15) is 12.0 Å². The van der Waals surface area contributed by atoms with Gasteiger partial charge in [0, 0.05) is 30.8 Å². The zero-order valence-electron chi connectivity index (χ0n) is 20.0. The van der Waals surface area contributed by atoms with Gasteiger partial charge in [-0.1, -0.05) is 19.9 Å². The minimum absolute atomic E-state index is 0.0321. The molecule has 4 rings (SSSR count). The minimum atomic E-state index is -0.842. The highest BCUT2D eigenvalue weighted by Crippen LogP contribution is 2.31. The number of pyridine rings is 1. The standard InChI is InChI=1S/C24H29N5O5S/c1-12(2)21(19-8-20(31)28-34-19)24(33)29-10-16(30)7-18(29)23(32)27-13(3)17-6-5-15(9-25-17)22-14(4)26-11-35-22/h5-6,8-9,11-13,16,18,21,30H,7,10H2,1-4H3,(H,27,32)(H,28,31). The summed E-state index contributed by atoms with van der Waals surface area (Å²) >= 11 is 1.54. The zero-order chi connectivity index (χ0) is 25.3. The number of amides is 2. The number of carbonyl (C=O) groups excluding carboxylic acids is 2. The van der Waals surface area contributed by atoms with Crippen LogP contribution < -0.4 is 10.9 Å². The molecule has 10 nitrogen and oxygen atoms in total. The molecular formula is C24H29N5O5S. The Hall–Kier alpha value is -3.31. The van der Waals surface area contributed by atoms with Gasteiger partial charge in [-0.15, -0.1) is 11.3 Å². The third-order valence-corrected chi connectivity index (χ3v) is 7.22. The van der Waals surface area contributed by atoms with E-state index in [0.29, 0.717) is 5.69 Å². The van der Waals surface area contributed by atoms with E-state index in [9.17, 15) is 19.5 Å². The van der Waals surface area contributed by atoms with Gasteiger partial charge in [-0.2, -0.15) is 5.16 Å².